The topological polar surface area (TPSA) is 87.2 Å². The van der Waals surface area contributed by atoms with E-state index in [0.29, 0.717) is 18.3 Å². The van der Waals surface area contributed by atoms with Gasteiger partial charge in [-0.1, -0.05) is 19.3 Å². The molecule has 1 aromatic rings. The van der Waals surface area contributed by atoms with Gasteiger partial charge in [0.25, 0.3) is 0 Å². The zero-order valence-electron chi connectivity index (χ0n) is 14.6. The highest BCUT2D eigenvalue weighted by Gasteiger charge is 2.26. The van der Waals surface area contributed by atoms with Crippen molar-refractivity contribution in [1.82, 2.24) is 20.8 Å². The number of aromatic nitrogens is 2. The second kappa shape index (κ2) is 8.78. The highest BCUT2D eigenvalue weighted by atomic mass is 16.2. The van der Waals surface area contributed by atoms with Crippen molar-refractivity contribution in [2.24, 2.45) is 11.8 Å². The molecule has 0 radical (unpaired) electrons. The van der Waals surface area contributed by atoms with Crippen molar-refractivity contribution in [1.29, 1.82) is 0 Å². The summed E-state index contributed by atoms with van der Waals surface area (Å²) in [7, 11) is 0. The minimum atomic E-state index is -0.0920. The Kier molecular flexibility index (Phi) is 6.19. The summed E-state index contributed by atoms with van der Waals surface area (Å²) in [6.07, 6.45) is 11.4. The van der Waals surface area contributed by atoms with E-state index in [1.165, 1.54) is 19.3 Å². The van der Waals surface area contributed by atoms with Crippen LogP contribution in [0, 0.1) is 11.8 Å². The number of hydrazine groups is 1. The molecule has 3 rings (SSSR count). The molecule has 7 nitrogen and oxygen atoms in total. The van der Waals surface area contributed by atoms with Crippen LogP contribution in [0.1, 0.15) is 51.4 Å². The van der Waals surface area contributed by atoms with Crippen LogP contribution in [-0.4, -0.2) is 34.9 Å². The van der Waals surface area contributed by atoms with Crippen LogP contribution in [0.2, 0.25) is 0 Å². The van der Waals surface area contributed by atoms with E-state index in [1.807, 2.05) is 0 Å². The van der Waals surface area contributed by atoms with Crippen molar-refractivity contribution in [3.05, 3.63) is 18.5 Å². The maximum Gasteiger partial charge on any atom is 0.241 e. The maximum atomic E-state index is 12.3. The van der Waals surface area contributed by atoms with Gasteiger partial charge in [-0.05, 0) is 37.7 Å². The standard InChI is InChI=1S/C18H27N5O2/c24-16(13-14-5-2-1-3-6-14)21-22-17(25)15-7-11-23(12-8-15)18-19-9-4-10-20-18/h4,9-10,14-15H,1-3,5-8,11-13H2,(H,21,24)(H,22,25). The van der Waals surface area contributed by atoms with Gasteiger partial charge in [0.15, 0.2) is 0 Å². The molecular weight excluding hydrogens is 318 g/mol. The molecule has 0 aromatic carbocycles. The molecule has 0 unspecified atom stereocenters. The Hall–Kier alpha value is -2.18. The molecule has 0 bridgehead atoms. The number of hydrogen-bond donors (Lipinski definition) is 2. The van der Waals surface area contributed by atoms with Crippen LogP contribution >= 0.6 is 0 Å². The summed E-state index contributed by atoms with van der Waals surface area (Å²) >= 11 is 0. The lowest BCUT2D eigenvalue weighted by molar-refractivity contribution is -0.132. The van der Waals surface area contributed by atoms with Gasteiger partial charge in [0.2, 0.25) is 17.8 Å². The van der Waals surface area contributed by atoms with Gasteiger partial charge in [-0.2, -0.15) is 0 Å². The van der Waals surface area contributed by atoms with Crippen LogP contribution < -0.4 is 15.8 Å². The Morgan fingerprint density at radius 2 is 1.68 bits per heavy atom. The number of carbonyl (C=O) groups excluding carboxylic acids is 2. The van der Waals surface area contributed by atoms with E-state index < -0.39 is 0 Å². The predicted octanol–water partition coefficient (Wildman–Crippen LogP) is 1.81. The van der Waals surface area contributed by atoms with E-state index in [9.17, 15) is 9.59 Å². The molecule has 2 aliphatic rings. The monoisotopic (exact) mass is 345 g/mol. The molecule has 1 aliphatic heterocycles. The largest absolute Gasteiger partial charge is 0.341 e. The van der Waals surface area contributed by atoms with Gasteiger partial charge >= 0.3 is 0 Å². The fraction of sp³-hybridized carbons (Fsp3) is 0.667. The Morgan fingerprint density at radius 1 is 1.00 bits per heavy atom. The molecule has 136 valence electrons. The fourth-order valence-electron chi connectivity index (χ4n) is 3.73. The molecule has 2 heterocycles. The molecule has 2 fully saturated rings. The van der Waals surface area contributed by atoms with Crippen molar-refractivity contribution >= 4 is 17.8 Å². The van der Waals surface area contributed by atoms with Gasteiger partial charge in [-0.25, -0.2) is 9.97 Å². The number of amides is 2. The molecule has 7 heteroatoms. The Bertz CT molecular complexity index is 566. The van der Waals surface area contributed by atoms with Crippen molar-refractivity contribution < 1.29 is 9.59 Å². The van der Waals surface area contributed by atoms with Crippen LogP contribution in [0.3, 0.4) is 0 Å². The summed E-state index contributed by atoms with van der Waals surface area (Å²) in [4.78, 5) is 34.8. The SMILES string of the molecule is O=C(CC1CCCCC1)NNC(=O)C1CCN(c2ncccn2)CC1. The van der Waals surface area contributed by atoms with Crippen LogP contribution in [0.4, 0.5) is 5.95 Å². The van der Waals surface area contributed by atoms with E-state index in [4.69, 9.17) is 0 Å². The summed E-state index contributed by atoms with van der Waals surface area (Å²) in [5.74, 6) is 0.942. The third-order valence-electron chi connectivity index (χ3n) is 5.22. The average Bonchev–Trinajstić information content (AvgIpc) is 2.68. The molecule has 1 aromatic heterocycles. The molecule has 1 saturated carbocycles. The zero-order valence-corrected chi connectivity index (χ0v) is 14.6. The predicted molar refractivity (Wildman–Crippen MR) is 94.4 cm³/mol. The third kappa shape index (κ3) is 5.14. The van der Waals surface area contributed by atoms with Crippen LogP contribution in [-0.2, 0) is 9.59 Å². The lowest BCUT2D eigenvalue weighted by Gasteiger charge is -2.31. The summed E-state index contributed by atoms with van der Waals surface area (Å²) < 4.78 is 0. The highest BCUT2D eigenvalue weighted by Crippen LogP contribution is 2.26. The first kappa shape index (κ1) is 17.6. The Morgan fingerprint density at radius 3 is 2.36 bits per heavy atom. The van der Waals surface area contributed by atoms with Gasteiger partial charge in [-0.3, -0.25) is 20.4 Å². The second-order valence-electron chi connectivity index (χ2n) is 7.06. The number of piperidine rings is 1. The Balaban J connectivity index is 1.37. The molecule has 0 atom stereocenters. The smallest absolute Gasteiger partial charge is 0.241 e. The number of hydrogen-bond acceptors (Lipinski definition) is 5. The molecule has 2 N–H and O–H groups in total. The van der Waals surface area contributed by atoms with Gasteiger partial charge < -0.3 is 4.90 Å². The first-order valence-electron chi connectivity index (χ1n) is 9.33. The molecule has 1 saturated heterocycles. The van der Waals surface area contributed by atoms with Gasteiger partial charge in [0.1, 0.15) is 0 Å². The van der Waals surface area contributed by atoms with Crippen LogP contribution in [0.25, 0.3) is 0 Å². The van der Waals surface area contributed by atoms with Gasteiger partial charge in [0, 0.05) is 37.8 Å². The first-order valence-corrected chi connectivity index (χ1v) is 9.33. The lowest BCUT2D eigenvalue weighted by atomic mass is 9.87. The van der Waals surface area contributed by atoms with Crippen LogP contribution in [0.5, 0.6) is 0 Å². The minimum Gasteiger partial charge on any atom is -0.341 e. The summed E-state index contributed by atoms with van der Waals surface area (Å²) in [6, 6.07) is 1.79. The Labute approximate surface area is 148 Å². The molecular formula is C18H27N5O2. The number of nitrogens with one attached hydrogen (secondary N) is 2. The third-order valence-corrected chi connectivity index (χ3v) is 5.22. The summed E-state index contributed by atoms with van der Waals surface area (Å²) in [5, 5.41) is 0. The van der Waals surface area contributed by atoms with Crippen molar-refractivity contribution in [3.8, 4) is 0 Å². The average molecular weight is 345 g/mol. The maximum absolute atomic E-state index is 12.3. The number of carbonyl (C=O) groups is 2. The van der Waals surface area contributed by atoms with Crippen molar-refractivity contribution in [2.45, 2.75) is 51.4 Å². The number of anilines is 1. The second-order valence-corrected chi connectivity index (χ2v) is 7.06. The quantitative estimate of drug-likeness (QED) is 0.813. The zero-order chi connectivity index (χ0) is 17.5. The number of rotatable bonds is 4. The first-order chi connectivity index (χ1) is 12.2. The van der Waals surface area contributed by atoms with E-state index in [1.54, 1.807) is 18.5 Å². The van der Waals surface area contributed by atoms with Crippen molar-refractivity contribution in [2.75, 3.05) is 18.0 Å². The van der Waals surface area contributed by atoms with Gasteiger partial charge in [-0.15, -0.1) is 0 Å². The number of nitrogens with zero attached hydrogens (tertiary/aromatic N) is 3. The molecule has 2 amide bonds. The van der Waals surface area contributed by atoms with Gasteiger partial charge in [0.05, 0.1) is 0 Å². The van der Waals surface area contributed by atoms with Crippen molar-refractivity contribution in [3.63, 3.8) is 0 Å². The molecule has 1 aliphatic carbocycles. The summed E-state index contributed by atoms with van der Waals surface area (Å²) in [5.41, 5.74) is 5.20. The molecule has 0 spiro atoms. The lowest BCUT2D eigenvalue weighted by Crippen LogP contribution is -2.48. The van der Waals surface area contributed by atoms with E-state index in [-0.39, 0.29) is 17.7 Å². The summed E-state index contributed by atoms with van der Waals surface area (Å²) in [6.45, 7) is 1.50. The normalized spacial score (nSPS) is 19.4. The van der Waals surface area contributed by atoms with E-state index in [0.717, 1.165) is 38.8 Å². The van der Waals surface area contributed by atoms with E-state index >= 15 is 0 Å². The minimum absolute atomic E-state index is 0.0737. The fourth-order valence-corrected chi connectivity index (χ4v) is 3.73. The van der Waals surface area contributed by atoms with E-state index in [2.05, 4.69) is 25.7 Å². The molecule has 25 heavy (non-hydrogen) atoms. The van der Waals surface area contributed by atoms with Crippen LogP contribution in [0.15, 0.2) is 18.5 Å². The highest BCUT2D eigenvalue weighted by molar-refractivity contribution is 5.83.